The molecule has 2 amide bonds. The summed E-state index contributed by atoms with van der Waals surface area (Å²) in [5, 5.41) is 10.5. The Morgan fingerprint density at radius 2 is 1.80 bits per heavy atom. The Kier molecular flexibility index (Phi) is 7.56. The van der Waals surface area contributed by atoms with E-state index in [0.717, 1.165) is 91.8 Å². The molecular formula is C31H37N9O. The van der Waals surface area contributed by atoms with Crippen molar-refractivity contribution in [1.29, 1.82) is 0 Å². The maximum Gasteiger partial charge on any atom is 0.319 e. The number of nitrogen functional groups attached to an aromatic ring is 1. The average Bonchev–Trinajstić information content (AvgIpc) is 3.57. The van der Waals surface area contributed by atoms with Gasteiger partial charge in [-0.25, -0.2) is 14.3 Å². The van der Waals surface area contributed by atoms with Crippen molar-refractivity contribution in [2.45, 2.75) is 25.8 Å². The minimum atomic E-state index is 0.0986. The van der Waals surface area contributed by atoms with Crippen LogP contribution in [0, 0.1) is 0 Å². The van der Waals surface area contributed by atoms with Crippen LogP contribution in [-0.4, -0.2) is 91.9 Å². The molecule has 2 N–H and O–H groups in total. The monoisotopic (exact) mass is 551 g/mol. The van der Waals surface area contributed by atoms with E-state index in [1.165, 1.54) is 11.9 Å². The van der Waals surface area contributed by atoms with Crippen molar-refractivity contribution in [2.75, 3.05) is 52.6 Å². The van der Waals surface area contributed by atoms with Crippen LogP contribution in [0.15, 0.2) is 67.1 Å². The van der Waals surface area contributed by atoms with E-state index in [0.29, 0.717) is 5.82 Å². The van der Waals surface area contributed by atoms with Gasteiger partial charge in [-0.3, -0.25) is 9.58 Å². The fraction of sp³-hybridized carbons (Fsp3) is 0.355. The number of benzene rings is 2. The van der Waals surface area contributed by atoms with Gasteiger partial charge >= 0.3 is 6.03 Å². The largest absolute Gasteiger partial charge is 0.382 e. The molecule has 0 radical (unpaired) electrons. The number of unbranched alkanes of at least 4 members (excludes halogenated alkanes) is 1. The summed E-state index contributed by atoms with van der Waals surface area (Å²) in [6.07, 6.45) is 6.63. The Labute approximate surface area is 240 Å². The number of hydrogen-bond donors (Lipinski definition) is 1. The molecule has 10 heteroatoms. The third-order valence-corrected chi connectivity index (χ3v) is 7.89. The number of nitrogens with zero attached hydrogens (tertiary/aromatic N) is 8. The highest BCUT2D eigenvalue weighted by atomic mass is 16.2. The number of nitrogens with two attached hydrogens (primary N) is 1. The third-order valence-electron chi connectivity index (χ3n) is 7.89. The number of carbonyl (C=O) groups is 1. The van der Waals surface area contributed by atoms with E-state index in [2.05, 4.69) is 69.7 Å². The Hall–Kier alpha value is -4.44. The summed E-state index contributed by atoms with van der Waals surface area (Å²) < 4.78 is 3.94. The van der Waals surface area contributed by atoms with Gasteiger partial charge in [-0.2, -0.15) is 10.2 Å². The van der Waals surface area contributed by atoms with Gasteiger partial charge in [-0.05, 0) is 49.1 Å². The van der Waals surface area contributed by atoms with Crippen LogP contribution in [0.1, 0.15) is 24.1 Å². The average molecular weight is 552 g/mol. The zero-order valence-electron chi connectivity index (χ0n) is 23.8. The van der Waals surface area contributed by atoms with Crippen molar-refractivity contribution in [3.05, 3.63) is 78.4 Å². The highest BCUT2D eigenvalue weighted by Gasteiger charge is 2.22. The first-order valence-electron chi connectivity index (χ1n) is 14.3. The molecule has 1 aliphatic rings. The number of anilines is 1. The van der Waals surface area contributed by atoms with Gasteiger partial charge in [-0.15, -0.1) is 0 Å². The van der Waals surface area contributed by atoms with Crippen molar-refractivity contribution in [3.8, 4) is 11.1 Å². The molecule has 0 spiro atoms. The van der Waals surface area contributed by atoms with Crippen LogP contribution in [0.25, 0.3) is 27.5 Å². The summed E-state index contributed by atoms with van der Waals surface area (Å²) in [6.45, 7) is 5.17. The molecule has 1 aliphatic heterocycles. The highest BCUT2D eigenvalue weighted by molar-refractivity contribution is 5.92. The van der Waals surface area contributed by atoms with E-state index in [-0.39, 0.29) is 6.03 Å². The number of aryl methyl sites for hydroxylation is 1. The second-order valence-electron chi connectivity index (χ2n) is 11.0. The molecule has 0 bridgehead atoms. The van der Waals surface area contributed by atoms with E-state index in [9.17, 15) is 4.79 Å². The minimum Gasteiger partial charge on any atom is -0.382 e. The number of hydrogen-bond acceptors (Lipinski definition) is 6. The predicted molar refractivity (Wildman–Crippen MR) is 162 cm³/mol. The number of carbonyl (C=O) groups excluding carboxylic acids is 1. The van der Waals surface area contributed by atoms with Crippen LogP contribution in [-0.2, 0) is 13.0 Å². The molecule has 1 fully saturated rings. The number of urea groups is 1. The minimum absolute atomic E-state index is 0.0986. The molecule has 0 saturated carbocycles. The first-order chi connectivity index (χ1) is 20.0. The molecule has 0 aliphatic carbocycles. The van der Waals surface area contributed by atoms with Gasteiger partial charge in [0.25, 0.3) is 0 Å². The number of aromatic nitrogens is 5. The van der Waals surface area contributed by atoms with Gasteiger partial charge in [-0.1, -0.05) is 42.5 Å². The second kappa shape index (κ2) is 11.6. The van der Waals surface area contributed by atoms with Crippen molar-refractivity contribution < 1.29 is 4.79 Å². The van der Waals surface area contributed by atoms with Crippen LogP contribution in [0.3, 0.4) is 0 Å². The molecule has 4 heterocycles. The standard InChI is InChI=1S/C31H37N9O/c1-36(2)31(41)38-16-14-37(15-17-38)13-7-6-10-26-19-27(29-30(32)33-22-34-40(26)29)24-11-12-25-21-39(35-28(25)18-24)20-23-8-4-3-5-9-23/h3-5,8-9,11-12,18-19,21-22H,6-7,10,13-17,20H2,1-2H3,(H2,32,33,34). The molecule has 5 aromatic rings. The van der Waals surface area contributed by atoms with Crippen LogP contribution >= 0.6 is 0 Å². The molecular weight excluding hydrogens is 514 g/mol. The zero-order valence-corrected chi connectivity index (χ0v) is 23.8. The topological polar surface area (TPSA) is 101 Å². The normalized spacial score (nSPS) is 14.2. The number of amides is 2. The number of fused-ring (bicyclic) bond motifs is 2. The molecule has 41 heavy (non-hydrogen) atoms. The Morgan fingerprint density at radius 1 is 1.00 bits per heavy atom. The SMILES string of the molecule is CN(C)C(=O)N1CCN(CCCCc2cc(-c3ccc4cn(Cc5ccccc5)nc4c3)c3c(N)ncnn23)CC1. The lowest BCUT2D eigenvalue weighted by Gasteiger charge is -2.35. The first kappa shape index (κ1) is 26.8. The number of piperazine rings is 1. The molecule has 0 atom stereocenters. The van der Waals surface area contributed by atoms with Gasteiger partial charge in [0.05, 0.1) is 12.1 Å². The number of rotatable bonds is 8. The van der Waals surface area contributed by atoms with Gasteiger partial charge in [0.2, 0.25) is 0 Å². The summed E-state index contributed by atoms with van der Waals surface area (Å²) in [4.78, 5) is 22.5. The molecule has 2 aromatic carbocycles. The van der Waals surface area contributed by atoms with E-state index >= 15 is 0 Å². The molecule has 10 nitrogen and oxygen atoms in total. The summed E-state index contributed by atoms with van der Waals surface area (Å²) in [5.41, 5.74) is 12.6. The Morgan fingerprint density at radius 3 is 2.59 bits per heavy atom. The Bertz CT molecular complexity index is 1650. The zero-order chi connectivity index (χ0) is 28.3. The van der Waals surface area contributed by atoms with Crippen molar-refractivity contribution >= 4 is 28.3 Å². The molecule has 1 saturated heterocycles. The van der Waals surface area contributed by atoms with Crippen molar-refractivity contribution in [1.82, 2.24) is 39.1 Å². The fourth-order valence-corrected chi connectivity index (χ4v) is 5.70. The van der Waals surface area contributed by atoms with E-state index in [4.69, 9.17) is 10.8 Å². The maximum absolute atomic E-state index is 12.2. The van der Waals surface area contributed by atoms with Gasteiger partial charge in [0.15, 0.2) is 5.82 Å². The predicted octanol–water partition coefficient (Wildman–Crippen LogP) is 4.00. The fourth-order valence-electron chi connectivity index (χ4n) is 5.70. The smallest absolute Gasteiger partial charge is 0.319 e. The molecule has 0 unspecified atom stereocenters. The lowest BCUT2D eigenvalue weighted by molar-refractivity contribution is 0.122. The van der Waals surface area contributed by atoms with Crippen molar-refractivity contribution in [2.24, 2.45) is 0 Å². The lowest BCUT2D eigenvalue weighted by Crippen LogP contribution is -2.51. The van der Waals surface area contributed by atoms with Crippen LogP contribution in [0.2, 0.25) is 0 Å². The van der Waals surface area contributed by atoms with E-state index in [1.54, 1.807) is 4.90 Å². The third kappa shape index (κ3) is 5.74. The van der Waals surface area contributed by atoms with E-state index < -0.39 is 0 Å². The second-order valence-corrected chi connectivity index (χ2v) is 11.0. The first-order valence-corrected chi connectivity index (χ1v) is 14.3. The summed E-state index contributed by atoms with van der Waals surface area (Å²) in [6, 6.07) is 19.0. The van der Waals surface area contributed by atoms with Crippen LogP contribution in [0.4, 0.5) is 10.6 Å². The summed E-state index contributed by atoms with van der Waals surface area (Å²) >= 11 is 0. The van der Waals surface area contributed by atoms with Gasteiger partial charge in [0, 0.05) is 63.1 Å². The van der Waals surface area contributed by atoms with Gasteiger partial charge in [0.1, 0.15) is 11.8 Å². The van der Waals surface area contributed by atoms with Gasteiger partial charge < -0.3 is 15.5 Å². The van der Waals surface area contributed by atoms with Crippen LogP contribution in [0.5, 0.6) is 0 Å². The molecule has 3 aromatic heterocycles. The van der Waals surface area contributed by atoms with E-state index in [1.807, 2.05) is 34.3 Å². The van der Waals surface area contributed by atoms with Crippen molar-refractivity contribution in [3.63, 3.8) is 0 Å². The molecule has 212 valence electrons. The quantitative estimate of drug-likeness (QED) is 0.293. The highest BCUT2D eigenvalue weighted by Crippen LogP contribution is 2.32. The Balaban J connectivity index is 1.14. The molecule has 6 rings (SSSR count). The summed E-state index contributed by atoms with van der Waals surface area (Å²) in [7, 11) is 3.62. The maximum atomic E-state index is 12.2. The lowest BCUT2D eigenvalue weighted by atomic mass is 10.0. The van der Waals surface area contributed by atoms with Crippen LogP contribution < -0.4 is 5.73 Å². The summed E-state index contributed by atoms with van der Waals surface area (Å²) in [5.74, 6) is 0.473.